The van der Waals surface area contributed by atoms with E-state index in [4.69, 9.17) is 4.74 Å². The number of carbonyl (C=O) groups is 2. The average molecular weight is 329 g/mol. The third-order valence-corrected chi connectivity index (χ3v) is 3.93. The normalized spacial score (nSPS) is 19.6. The summed E-state index contributed by atoms with van der Waals surface area (Å²) in [5.74, 6) is 0.506. The summed E-state index contributed by atoms with van der Waals surface area (Å²) in [6, 6.07) is 7.40. The van der Waals surface area contributed by atoms with Gasteiger partial charge in [0.25, 0.3) is 0 Å². The number of pyridine rings is 2. The van der Waals surface area contributed by atoms with Crippen LogP contribution in [0.25, 0.3) is 11.1 Å². The van der Waals surface area contributed by atoms with E-state index in [0.29, 0.717) is 12.4 Å². The first-order chi connectivity index (χ1) is 11.7. The molecule has 0 spiro atoms. The second-order valence-electron chi connectivity index (χ2n) is 5.27. The van der Waals surface area contributed by atoms with Gasteiger partial charge in [0.1, 0.15) is 13.2 Å². The van der Waals surface area contributed by atoms with Gasteiger partial charge in [-0.25, -0.2) is 9.78 Å². The number of rotatable bonds is 4. The number of nitrogens with zero attached hydrogens (tertiary/aromatic N) is 3. The van der Waals surface area contributed by atoms with Crippen molar-refractivity contribution in [2.24, 2.45) is 0 Å². The van der Waals surface area contributed by atoms with E-state index in [0.717, 1.165) is 11.1 Å². The first kappa shape index (κ1) is 15.9. The van der Waals surface area contributed by atoms with Crippen LogP contribution < -0.4 is 9.80 Å². The highest BCUT2D eigenvalue weighted by atomic mass is 16.6. The number of ether oxygens (including phenoxy) is 2. The van der Waals surface area contributed by atoms with Crippen LogP contribution in [-0.2, 0) is 9.47 Å². The summed E-state index contributed by atoms with van der Waals surface area (Å²) in [4.78, 5) is 32.0. The van der Waals surface area contributed by atoms with Gasteiger partial charge < -0.3 is 9.47 Å². The molecule has 1 unspecified atom stereocenters. The molecule has 8 heteroatoms. The monoisotopic (exact) mass is 329 g/mol. The SMILES string of the molecule is COC(=O)NC[N+]1(c2ccc(-c3ccncc3)cn2)CCOC1=O. The second kappa shape index (κ2) is 6.63. The third-order valence-electron chi connectivity index (χ3n) is 3.93. The molecule has 2 aromatic heterocycles. The molecule has 1 aliphatic heterocycles. The van der Waals surface area contributed by atoms with E-state index in [1.165, 1.54) is 7.11 Å². The highest BCUT2D eigenvalue weighted by molar-refractivity contribution is 5.84. The van der Waals surface area contributed by atoms with Gasteiger partial charge in [-0.1, -0.05) is 0 Å². The van der Waals surface area contributed by atoms with Gasteiger partial charge in [0.15, 0.2) is 6.67 Å². The van der Waals surface area contributed by atoms with Crippen molar-refractivity contribution in [2.45, 2.75) is 0 Å². The van der Waals surface area contributed by atoms with Gasteiger partial charge in [0.2, 0.25) is 5.82 Å². The van der Waals surface area contributed by atoms with Gasteiger partial charge in [0.05, 0.1) is 7.11 Å². The fourth-order valence-corrected chi connectivity index (χ4v) is 2.56. The first-order valence-corrected chi connectivity index (χ1v) is 7.39. The lowest BCUT2D eigenvalue weighted by Crippen LogP contribution is -2.56. The zero-order valence-corrected chi connectivity index (χ0v) is 13.1. The number of alkyl carbamates (subject to hydrolysis) is 1. The number of nitrogens with one attached hydrogen (secondary N) is 1. The predicted octanol–water partition coefficient (Wildman–Crippen LogP) is 1.91. The molecule has 0 radical (unpaired) electrons. The van der Waals surface area contributed by atoms with Gasteiger partial charge in [-0.2, -0.15) is 9.28 Å². The van der Waals surface area contributed by atoms with E-state index in [1.54, 1.807) is 24.7 Å². The molecule has 1 aliphatic rings. The molecule has 8 nitrogen and oxygen atoms in total. The van der Waals surface area contributed by atoms with Crippen molar-refractivity contribution in [2.75, 3.05) is 26.9 Å². The Labute approximate surface area is 138 Å². The van der Waals surface area contributed by atoms with Crippen LogP contribution >= 0.6 is 0 Å². The summed E-state index contributed by atoms with van der Waals surface area (Å²) in [7, 11) is 1.27. The molecule has 124 valence electrons. The Hall–Kier alpha value is -3.00. The van der Waals surface area contributed by atoms with Gasteiger partial charge in [-0.05, 0) is 23.8 Å². The lowest BCUT2D eigenvalue weighted by molar-refractivity contribution is 0.149. The summed E-state index contributed by atoms with van der Waals surface area (Å²) >= 11 is 0. The van der Waals surface area contributed by atoms with Crippen molar-refractivity contribution < 1.29 is 19.1 Å². The quantitative estimate of drug-likeness (QED) is 0.862. The number of hydrogen-bond acceptors (Lipinski definition) is 6. The number of carbonyl (C=O) groups excluding carboxylic acids is 2. The Morgan fingerprint density at radius 1 is 1.29 bits per heavy atom. The van der Waals surface area contributed by atoms with Gasteiger partial charge in [0, 0.05) is 30.2 Å². The molecule has 1 fully saturated rings. The van der Waals surface area contributed by atoms with E-state index in [1.807, 2.05) is 18.2 Å². The van der Waals surface area contributed by atoms with Crippen molar-refractivity contribution in [3.05, 3.63) is 42.9 Å². The Kier molecular flexibility index (Phi) is 4.39. The molecule has 2 amide bonds. The molecule has 1 N–H and O–H groups in total. The lowest BCUT2D eigenvalue weighted by atomic mass is 10.1. The van der Waals surface area contributed by atoms with Crippen molar-refractivity contribution in [1.82, 2.24) is 19.8 Å². The zero-order chi connectivity index (χ0) is 17.0. The largest absolute Gasteiger partial charge is 0.524 e. The van der Waals surface area contributed by atoms with Crippen LogP contribution in [0.2, 0.25) is 0 Å². The van der Waals surface area contributed by atoms with E-state index in [9.17, 15) is 9.59 Å². The number of hydrogen-bond donors (Lipinski definition) is 1. The Morgan fingerprint density at radius 3 is 2.67 bits per heavy atom. The Morgan fingerprint density at radius 2 is 2.08 bits per heavy atom. The predicted molar refractivity (Wildman–Crippen MR) is 85.9 cm³/mol. The highest BCUT2D eigenvalue weighted by Gasteiger charge is 2.48. The van der Waals surface area contributed by atoms with Crippen LogP contribution in [0.5, 0.6) is 0 Å². The molecule has 3 rings (SSSR count). The molecule has 0 bridgehead atoms. The minimum atomic E-state index is -0.611. The summed E-state index contributed by atoms with van der Waals surface area (Å²) in [6.07, 6.45) is 4.04. The summed E-state index contributed by atoms with van der Waals surface area (Å²) in [5.41, 5.74) is 1.89. The van der Waals surface area contributed by atoms with Crippen LogP contribution in [0.1, 0.15) is 0 Å². The Bertz CT molecular complexity index is 736. The number of quaternary nitrogens is 1. The first-order valence-electron chi connectivity index (χ1n) is 7.39. The van der Waals surface area contributed by atoms with E-state index >= 15 is 0 Å². The molecular weight excluding hydrogens is 312 g/mol. The molecule has 0 aromatic carbocycles. The van der Waals surface area contributed by atoms with Gasteiger partial charge in [-0.3, -0.25) is 10.3 Å². The van der Waals surface area contributed by atoms with Crippen molar-refractivity contribution in [3.8, 4) is 11.1 Å². The maximum Gasteiger partial charge on any atom is 0.524 e. The highest BCUT2D eigenvalue weighted by Crippen LogP contribution is 2.27. The van der Waals surface area contributed by atoms with E-state index < -0.39 is 12.2 Å². The zero-order valence-electron chi connectivity index (χ0n) is 13.1. The fraction of sp³-hybridized carbons (Fsp3) is 0.250. The molecule has 3 heterocycles. The molecular formula is C16H17N4O4+. The van der Waals surface area contributed by atoms with E-state index in [2.05, 4.69) is 20.0 Å². The summed E-state index contributed by atoms with van der Waals surface area (Å²) < 4.78 is 9.46. The minimum absolute atomic E-state index is 0.0209. The van der Waals surface area contributed by atoms with Crippen molar-refractivity contribution in [3.63, 3.8) is 0 Å². The van der Waals surface area contributed by atoms with Crippen LogP contribution in [0.4, 0.5) is 15.4 Å². The summed E-state index contributed by atoms with van der Waals surface area (Å²) in [6.45, 7) is 0.688. The molecule has 24 heavy (non-hydrogen) atoms. The molecule has 1 atom stereocenters. The maximum absolute atomic E-state index is 12.3. The van der Waals surface area contributed by atoms with Gasteiger partial charge >= 0.3 is 12.2 Å². The standard InChI is InChI=1S/C16H16N4O4/c1-23-15(21)19-11-20(8-9-24-16(20)22)14-3-2-13(10-18-14)12-4-6-17-7-5-12/h2-7,10H,8-9,11H2,1H3/p+1. The number of methoxy groups -OCH3 is 1. The third kappa shape index (κ3) is 2.91. The average Bonchev–Trinajstić information content (AvgIpc) is 3.02. The lowest BCUT2D eigenvalue weighted by Gasteiger charge is -2.26. The van der Waals surface area contributed by atoms with Crippen molar-refractivity contribution in [1.29, 1.82) is 0 Å². The Balaban J connectivity index is 1.88. The second-order valence-corrected chi connectivity index (χ2v) is 5.27. The smallest absolute Gasteiger partial charge is 0.453 e. The fourth-order valence-electron chi connectivity index (χ4n) is 2.56. The number of cyclic esters (lactones) is 1. The van der Waals surface area contributed by atoms with Crippen LogP contribution in [0, 0.1) is 0 Å². The number of aromatic nitrogens is 2. The van der Waals surface area contributed by atoms with E-state index in [-0.39, 0.29) is 17.8 Å². The van der Waals surface area contributed by atoms with Crippen LogP contribution in [0.3, 0.4) is 0 Å². The summed E-state index contributed by atoms with van der Waals surface area (Å²) in [5, 5.41) is 2.55. The minimum Gasteiger partial charge on any atom is -0.453 e. The number of amides is 2. The van der Waals surface area contributed by atoms with Crippen LogP contribution in [-0.4, -0.2) is 49.1 Å². The molecule has 0 saturated carbocycles. The topological polar surface area (TPSA) is 90.4 Å². The van der Waals surface area contributed by atoms with Gasteiger partial charge in [-0.15, -0.1) is 0 Å². The molecule has 1 saturated heterocycles. The van der Waals surface area contributed by atoms with Crippen molar-refractivity contribution >= 4 is 18.0 Å². The molecule has 0 aliphatic carbocycles. The molecule has 2 aromatic rings. The van der Waals surface area contributed by atoms with Crippen LogP contribution in [0.15, 0.2) is 42.9 Å². The maximum atomic E-state index is 12.3.